The standard InChI is InChI=1S/C12H16N4O2/c1-16(9-12(17)15-6-7-18-2)11-4-3-5-14-10(11)8-13/h3-5H,6-7,9H2,1-2H3,(H,15,17). The van der Waals surface area contributed by atoms with E-state index in [9.17, 15) is 4.79 Å². The molecule has 0 aliphatic heterocycles. The summed E-state index contributed by atoms with van der Waals surface area (Å²) >= 11 is 0. The van der Waals surface area contributed by atoms with Gasteiger partial charge in [-0.05, 0) is 12.1 Å². The maximum absolute atomic E-state index is 11.6. The number of pyridine rings is 1. The summed E-state index contributed by atoms with van der Waals surface area (Å²) in [5, 5.41) is 11.6. The molecule has 1 amide bonds. The number of ether oxygens (including phenoxy) is 1. The Morgan fingerprint density at radius 2 is 2.44 bits per heavy atom. The van der Waals surface area contributed by atoms with E-state index in [0.29, 0.717) is 24.5 Å². The Balaban J connectivity index is 2.57. The Kier molecular flexibility index (Phi) is 5.61. The van der Waals surface area contributed by atoms with Gasteiger partial charge in [0.15, 0.2) is 5.69 Å². The van der Waals surface area contributed by atoms with Crippen molar-refractivity contribution in [1.29, 1.82) is 5.26 Å². The van der Waals surface area contributed by atoms with E-state index in [1.54, 1.807) is 37.4 Å². The predicted octanol–water partition coefficient (Wildman–Crippen LogP) is 0.152. The molecular formula is C12H16N4O2. The van der Waals surface area contributed by atoms with E-state index in [4.69, 9.17) is 10.00 Å². The molecule has 0 aliphatic rings. The molecule has 0 unspecified atom stereocenters. The van der Waals surface area contributed by atoms with Gasteiger partial charge in [-0.25, -0.2) is 4.98 Å². The summed E-state index contributed by atoms with van der Waals surface area (Å²) in [5.74, 6) is -0.123. The molecule has 0 radical (unpaired) electrons. The third-order valence-corrected chi connectivity index (χ3v) is 2.31. The van der Waals surface area contributed by atoms with Gasteiger partial charge in [0, 0.05) is 26.9 Å². The van der Waals surface area contributed by atoms with E-state index in [2.05, 4.69) is 10.3 Å². The third-order valence-electron chi connectivity index (χ3n) is 2.31. The van der Waals surface area contributed by atoms with Gasteiger partial charge in [0.2, 0.25) is 5.91 Å². The number of carbonyl (C=O) groups excluding carboxylic acids is 1. The summed E-state index contributed by atoms with van der Waals surface area (Å²) in [4.78, 5) is 17.2. The SMILES string of the molecule is COCCNC(=O)CN(C)c1cccnc1C#N. The zero-order chi connectivity index (χ0) is 13.4. The number of hydrogen-bond donors (Lipinski definition) is 1. The molecule has 6 nitrogen and oxygen atoms in total. The second-order valence-corrected chi connectivity index (χ2v) is 3.68. The molecule has 18 heavy (non-hydrogen) atoms. The fraction of sp³-hybridized carbons (Fsp3) is 0.417. The van der Waals surface area contributed by atoms with E-state index < -0.39 is 0 Å². The molecule has 1 rings (SSSR count). The van der Waals surface area contributed by atoms with Crippen LogP contribution in [0.15, 0.2) is 18.3 Å². The zero-order valence-electron chi connectivity index (χ0n) is 10.5. The zero-order valence-corrected chi connectivity index (χ0v) is 10.5. The number of nitrogens with zero attached hydrogens (tertiary/aromatic N) is 3. The number of hydrogen-bond acceptors (Lipinski definition) is 5. The minimum Gasteiger partial charge on any atom is -0.383 e. The lowest BCUT2D eigenvalue weighted by Crippen LogP contribution is -2.37. The van der Waals surface area contributed by atoms with E-state index in [1.807, 2.05) is 6.07 Å². The van der Waals surface area contributed by atoms with E-state index in [-0.39, 0.29) is 12.5 Å². The van der Waals surface area contributed by atoms with E-state index in [0.717, 1.165) is 0 Å². The lowest BCUT2D eigenvalue weighted by atomic mass is 10.3. The van der Waals surface area contributed by atoms with Gasteiger partial charge in [0.1, 0.15) is 6.07 Å². The first kappa shape index (κ1) is 13.9. The monoisotopic (exact) mass is 248 g/mol. The van der Waals surface area contributed by atoms with Crippen molar-refractivity contribution in [2.24, 2.45) is 0 Å². The number of carbonyl (C=O) groups is 1. The van der Waals surface area contributed by atoms with Crippen molar-refractivity contribution in [3.63, 3.8) is 0 Å². The van der Waals surface area contributed by atoms with Crippen molar-refractivity contribution in [1.82, 2.24) is 10.3 Å². The fourth-order valence-corrected chi connectivity index (χ4v) is 1.44. The van der Waals surface area contributed by atoms with Crippen LogP contribution in [0.4, 0.5) is 5.69 Å². The number of likely N-dealkylation sites (N-methyl/N-ethyl adjacent to an activating group) is 1. The van der Waals surface area contributed by atoms with Crippen LogP contribution in [0.2, 0.25) is 0 Å². The highest BCUT2D eigenvalue weighted by molar-refractivity contribution is 5.81. The van der Waals surface area contributed by atoms with Gasteiger partial charge in [-0.1, -0.05) is 0 Å². The first-order valence-electron chi connectivity index (χ1n) is 5.51. The molecule has 0 spiro atoms. The van der Waals surface area contributed by atoms with Crippen LogP contribution >= 0.6 is 0 Å². The summed E-state index contributed by atoms with van der Waals surface area (Å²) in [6.07, 6.45) is 1.55. The summed E-state index contributed by atoms with van der Waals surface area (Å²) in [7, 11) is 3.32. The summed E-state index contributed by atoms with van der Waals surface area (Å²) in [6, 6.07) is 5.49. The second kappa shape index (κ2) is 7.25. The van der Waals surface area contributed by atoms with Crippen molar-refractivity contribution >= 4 is 11.6 Å². The van der Waals surface area contributed by atoms with Gasteiger partial charge in [0.25, 0.3) is 0 Å². The minimum atomic E-state index is -0.123. The summed E-state index contributed by atoms with van der Waals surface area (Å²) in [5.41, 5.74) is 0.951. The Hall–Kier alpha value is -2.13. The molecule has 0 atom stereocenters. The van der Waals surface area contributed by atoms with Crippen LogP contribution in [0.25, 0.3) is 0 Å². The molecule has 0 bridgehead atoms. The molecule has 6 heteroatoms. The minimum absolute atomic E-state index is 0.123. The average molecular weight is 248 g/mol. The number of nitrogens with one attached hydrogen (secondary N) is 1. The number of anilines is 1. The highest BCUT2D eigenvalue weighted by Crippen LogP contribution is 2.14. The molecular weight excluding hydrogens is 232 g/mol. The van der Waals surface area contributed by atoms with Crippen molar-refractivity contribution in [3.8, 4) is 6.07 Å². The van der Waals surface area contributed by atoms with Crippen LogP contribution in [0.1, 0.15) is 5.69 Å². The molecule has 1 heterocycles. The quantitative estimate of drug-likeness (QED) is 0.725. The highest BCUT2D eigenvalue weighted by atomic mass is 16.5. The van der Waals surface area contributed by atoms with Crippen LogP contribution in [0.5, 0.6) is 0 Å². The number of amides is 1. The highest BCUT2D eigenvalue weighted by Gasteiger charge is 2.11. The Morgan fingerprint density at radius 1 is 1.67 bits per heavy atom. The lowest BCUT2D eigenvalue weighted by Gasteiger charge is -2.19. The van der Waals surface area contributed by atoms with Crippen LogP contribution in [-0.2, 0) is 9.53 Å². The topological polar surface area (TPSA) is 78.2 Å². The van der Waals surface area contributed by atoms with Crippen LogP contribution in [0, 0.1) is 11.3 Å². The lowest BCUT2D eigenvalue weighted by molar-refractivity contribution is -0.119. The summed E-state index contributed by atoms with van der Waals surface area (Å²) < 4.78 is 4.84. The van der Waals surface area contributed by atoms with Gasteiger partial charge in [-0.15, -0.1) is 0 Å². The number of methoxy groups -OCH3 is 1. The molecule has 0 aliphatic carbocycles. The maximum Gasteiger partial charge on any atom is 0.239 e. The van der Waals surface area contributed by atoms with Crippen molar-refractivity contribution in [2.45, 2.75) is 0 Å². The van der Waals surface area contributed by atoms with Crippen molar-refractivity contribution in [3.05, 3.63) is 24.0 Å². The predicted molar refractivity (Wildman–Crippen MR) is 67.1 cm³/mol. The molecule has 0 aromatic carbocycles. The molecule has 1 N–H and O–H groups in total. The van der Waals surface area contributed by atoms with E-state index >= 15 is 0 Å². The van der Waals surface area contributed by atoms with Gasteiger partial charge in [0.05, 0.1) is 18.8 Å². The van der Waals surface area contributed by atoms with E-state index in [1.165, 1.54) is 0 Å². The van der Waals surface area contributed by atoms with Crippen LogP contribution in [-0.4, -0.2) is 44.7 Å². The molecule has 0 fully saturated rings. The molecule has 96 valence electrons. The van der Waals surface area contributed by atoms with Crippen LogP contribution in [0.3, 0.4) is 0 Å². The van der Waals surface area contributed by atoms with Gasteiger partial charge in [-0.2, -0.15) is 5.26 Å². The molecule has 0 saturated carbocycles. The Morgan fingerprint density at radius 3 is 3.11 bits per heavy atom. The van der Waals surface area contributed by atoms with Gasteiger partial charge in [-0.3, -0.25) is 4.79 Å². The third kappa shape index (κ3) is 4.03. The van der Waals surface area contributed by atoms with Crippen LogP contribution < -0.4 is 10.2 Å². The normalized spacial score (nSPS) is 9.61. The number of aromatic nitrogens is 1. The maximum atomic E-state index is 11.6. The summed E-state index contributed by atoms with van der Waals surface area (Å²) in [6.45, 7) is 1.12. The Bertz CT molecular complexity index is 442. The van der Waals surface area contributed by atoms with Gasteiger partial charge < -0.3 is 15.0 Å². The molecule has 1 aromatic rings. The number of rotatable bonds is 6. The fourth-order valence-electron chi connectivity index (χ4n) is 1.44. The number of nitriles is 1. The van der Waals surface area contributed by atoms with Gasteiger partial charge >= 0.3 is 0 Å². The second-order valence-electron chi connectivity index (χ2n) is 3.68. The first-order chi connectivity index (χ1) is 8.69. The average Bonchev–Trinajstić information content (AvgIpc) is 2.39. The Labute approximate surface area is 106 Å². The largest absolute Gasteiger partial charge is 0.383 e. The molecule has 1 aromatic heterocycles. The smallest absolute Gasteiger partial charge is 0.239 e. The van der Waals surface area contributed by atoms with Crippen molar-refractivity contribution < 1.29 is 9.53 Å². The van der Waals surface area contributed by atoms with Crippen molar-refractivity contribution in [2.75, 3.05) is 38.8 Å². The molecule has 0 saturated heterocycles. The first-order valence-corrected chi connectivity index (χ1v) is 5.51.